The molecule has 1 fully saturated rings. The quantitative estimate of drug-likeness (QED) is 0.795. The Kier molecular flexibility index (Phi) is 4.69. The van der Waals surface area contributed by atoms with Crippen molar-refractivity contribution in [3.05, 3.63) is 29.3 Å². The molecule has 1 aromatic rings. The fourth-order valence-corrected chi connectivity index (χ4v) is 2.38. The number of aryl methyl sites for hydroxylation is 1. The molecular formula is C17H25NO2. The molecule has 0 atom stereocenters. The Labute approximate surface area is 121 Å². The third-order valence-electron chi connectivity index (χ3n) is 3.88. The Balaban J connectivity index is 1.99. The van der Waals surface area contributed by atoms with Gasteiger partial charge in [-0.1, -0.05) is 26.0 Å². The molecule has 1 aliphatic rings. The highest BCUT2D eigenvalue weighted by atomic mass is 16.5. The van der Waals surface area contributed by atoms with Gasteiger partial charge in [-0.15, -0.1) is 0 Å². The van der Waals surface area contributed by atoms with Gasteiger partial charge in [0.25, 0.3) is 5.91 Å². The summed E-state index contributed by atoms with van der Waals surface area (Å²) in [6, 6.07) is 6.70. The summed E-state index contributed by atoms with van der Waals surface area (Å²) in [6.07, 6.45) is 2.28. The number of rotatable bonds is 6. The highest BCUT2D eigenvalue weighted by molar-refractivity contribution is 5.78. The number of carbonyl (C=O) groups excluding carboxylic acids is 1. The van der Waals surface area contributed by atoms with Gasteiger partial charge in [-0.3, -0.25) is 4.79 Å². The maximum atomic E-state index is 12.2. The number of hydrogen-bond donors (Lipinski definition) is 0. The number of benzene rings is 1. The molecule has 0 N–H and O–H groups in total. The van der Waals surface area contributed by atoms with Crippen molar-refractivity contribution in [1.29, 1.82) is 0 Å². The minimum atomic E-state index is 0.101. The van der Waals surface area contributed by atoms with E-state index in [0.717, 1.165) is 30.7 Å². The van der Waals surface area contributed by atoms with Crippen molar-refractivity contribution in [2.45, 2.75) is 52.5 Å². The molecule has 3 heteroatoms. The van der Waals surface area contributed by atoms with Crippen LogP contribution in [0, 0.1) is 6.92 Å². The van der Waals surface area contributed by atoms with Crippen LogP contribution in [0.1, 0.15) is 50.7 Å². The summed E-state index contributed by atoms with van der Waals surface area (Å²) in [4.78, 5) is 14.1. The molecule has 3 nitrogen and oxygen atoms in total. The van der Waals surface area contributed by atoms with Crippen LogP contribution in [0.2, 0.25) is 0 Å². The first-order valence-corrected chi connectivity index (χ1v) is 7.55. The summed E-state index contributed by atoms with van der Waals surface area (Å²) in [6.45, 7) is 9.28. The third-order valence-corrected chi connectivity index (χ3v) is 3.88. The Morgan fingerprint density at radius 2 is 2.10 bits per heavy atom. The van der Waals surface area contributed by atoms with Crippen LogP contribution in [0.25, 0.3) is 0 Å². The van der Waals surface area contributed by atoms with E-state index in [2.05, 4.69) is 32.0 Å². The zero-order valence-electron chi connectivity index (χ0n) is 13.0. The highest BCUT2D eigenvalue weighted by Crippen LogP contribution is 2.27. The van der Waals surface area contributed by atoms with Crippen LogP contribution < -0.4 is 4.74 Å². The van der Waals surface area contributed by atoms with Crippen molar-refractivity contribution in [1.82, 2.24) is 4.90 Å². The summed E-state index contributed by atoms with van der Waals surface area (Å²) >= 11 is 0. The second-order valence-electron chi connectivity index (χ2n) is 5.88. The minimum absolute atomic E-state index is 0.101. The lowest BCUT2D eigenvalue weighted by atomic mass is 10.0. The monoisotopic (exact) mass is 275 g/mol. The molecule has 110 valence electrons. The van der Waals surface area contributed by atoms with Gasteiger partial charge in [0.2, 0.25) is 0 Å². The van der Waals surface area contributed by atoms with Gasteiger partial charge in [-0.05, 0) is 49.8 Å². The van der Waals surface area contributed by atoms with Crippen LogP contribution >= 0.6 is 0 Å². The third kappa shape index (κ3) is 3.53. The standard InChI is InChI=1S/C17H25NO2/c1-5-18(15-8-9-15)17(19)11-20-16-10-14(12(2)3)7-6-13(16)4/h6-7,10,12,15H,5,8-9,11H2,1-4H3. The van der Waals surface area contributed by atoms with Gasteiger partial charge in [0.05, 0.1) is 0 Å². The highest BCUT2D eigenvalue weighted by Gasteiger charge is 2.31. The first kappa shape index (κ1) is 14.9. The van der Waals surface area contributed by atoms with Gasteiger partial charge in [-0.25, -0.2) is 0 Å². The van der Waals surface area contributed by atoms with E-state index in [4.69, 9.17) is 4.74 Å². The first-order valence-electron chi connectivity index (χ1n) is 7.55. The molecule has 0 spiro atoms. The lowest BCUT2D eigenvalue weighted by Crippen LogP contribution is -2.36. The van der Waals surface area contributed by atoms with E-state index in [0.29, 0.717) is 12.0 Å². The molecule has 1 aromatic carbocycles. The predicted octanol–water partition coefficient (Wildman–Crippen LogP) is 3.51. The zero-order chi connectivity index (χ0) is 14.7. The van der Waals surface area contributed by atoms with E-state index in [1.807, 2.05) is 18.7 Å². The predicted molar refractivity (Wildman–Crippen MR) is 81.2 cm³/mol. The van der Waals surface area contributed by atoms with Gasteiger partial charge < -0.3 is 9.64 Å². The normalized spacial score (nSPS) is 14.4. The molecular weight excluding hydrogens is 250 g/mol. The second-order valence-corrected chi connectivity index (χ2v) is 5.88. The SMILES string of the molecule is CCN(C(=O)COc1cc(C(C)C)ccc1C)C1CC1. The van der Waals surface area contributed by atoms with E-state index in [1.165, 1.54) is 5.56 Å². The van der Waals surface area contributed by atoms with Crippen LogP contribution in [-0.4, -0.2) is 30.0 Å². The number of hydrogen-bond acceptors (Lipinski definition) is 2. The van der Waals surface area contributed by atoms with E-state index >= 15 is 0 Å². The average molecular weight is 275 g/mol. The number of ether oxygens (including phenoxy) is 1. The van der Waals surface area contributed by atoms with Gasteiger partial charge in [0, 0.05) is 12.6 Å². The fourth-order valence-electron chi connectivity index (χ4n) is 2.38. The van der Waals surface area contributed by atoms with Crippen LogP contribution in [0.5, 0.6) is 5.75 Å². The second kappa shape index (κ2) is 6.29. The molecule has 2 rings (SSSR count). The lowest BCUT2D eigenvalue weighted by molar-refractivity contribution is -0.133. The molecule has 0 unspecified atom stereocenters. The molecule has 0 heterocycles. The Hall–Kier alpha value is -1.51. The van der Waals surface area contributed by atoms with Crippen LogP contribution in [0.3, 0.4) is 0 Å². The number of nitrogens with zero attached hydrogens (tertiary/aromatic N) is 1. The summed E-state index contributed by atoms with van der Waals surface area (Å²) in [5, 5.41) is 0. The Morgan fingerprint density at radius 3 is 2.65 bits per heavy atom. The average Bonchev–Trinajstić information content (AvgIpc) is 3.23. The minimum Gasteiger partial charge on any atom is -0.483 e. The summed E-state index contributed by atoms with van der Waals surface area (Å²) in [5.41, 5.74) is 2.32. The maximum Gasteiger partial charge on any atom is 0.260 e. The number of likely N-dealkylation sites (N-methyl/N-ethyl adjacent to an activating group) is 1. The van der Waals surface area contributed by atoms with Crippen molar-refractivity contribution in [3.63, 3.8) is 0 Å². The van der Waals surface area contributed by atoms with Gasteiger partial charge in [0.1, 0.15) is 5.75 Å². The lowest BCUT2D eigenvalue weighted by Gasteiger charge is -2.21. The Morgan fingerprint density at radius 1 is 1.40 bits per heavy atom. The molecule has 0 bridgehead atoms. The number of amides is 1. The summed E-state index contributed by atoms with van der Waals surface area (Å²) < 4.78 is 5.76. The summed E-state index contributed by atoms with van der Waals surface area (Å²) in [7, 11) is 0. The van der Waals surface area contributed by atoms with Crippen molar-refractivity contribution in [2.75, 3.05) is 13.2 Å². The van der Waals surface area contributed by atoms with Crippen molar-refractivity contribution >= 4 is 5.91 Å². The molecule has 1 amide bonds. The van der Waals surface area contributed by atoms with Crippen molar-refractivity contribution in [2.24, 2.45) is 0 Å². The summed E-state index contributed by atoms with van der Waals surface area (Å²) in [5.74, 6) is 1.40. The van der Waals surface area contributed by atoms with Gasteiger partial charge >= 0.3 is 0 Å². The topological polar surface area (TPSA) is 29.5 Å². The maximum absolute atomic E-state index is 12.2. The van der Waals surface area contributed by atoms with E-state index < -0.39 is 0 Å². The molecule has 0 aromatic heterocycles. The largest absolute Gasteiger partial charge is 0.483 e. The molecule has 0 aliphatic heterocycles. The van der Waals surface area contributed by atoms with Crippen LogP contribution in [0.15, 0.2) is 18.2 Å². The van der Waals surface area contributed by atoms with Gasteiger partial charge in [-0.2, -0.15) is 0 Å². The van der Waals surface area contributed by atoms with Gasteiger partial charge in [0.15, 0.2) is 6.61 Å². The molecule has 20 heavy (non-hydrogen) atoms. The van der Waals surface area contributed by atoms with Crippen molar-refractivity contribution < 1.29 is 9.53 Å². The molecule has 0 radical (unpaired) electrons. The smallest absolute Gasteiger partial charge is 0.260 e. The number of carbonyl (C=O) groups is 1. The Bertz CT molecular complexity index is 478. The van der Waals surface area contributed by atoms with Crippen LogP contribution in [0.4, 0.5) is 0 Å². The molecule has 0 saturated heterocycles. The fraction of sp³-hybridized carbons (Fsp3) is 0.588. The van der Waals surface area contributed by atoms with E-state index in [-0.39, 0.29) is 12.5 Å². The zero-order valence-corrected chi connectivity index (χ0v) is 13.0. The van der Waals surface area contributed by atoms with E-state index in [9.17, 15) is 4.79 Å². The molecule has 1 saturated carbocycles. The van der Waals surface area contributed by atoms with Crippen LogP contribution in [-0.2, 0) is 4.79 Å². The van der Waals surface area contributed by atoms with Crippen molar-refractivity contribution in [3.8, 4) is 5.75 Å². The molecule has 1 aliphatic carbocycles. The first-order chi connectivity index (χ1) is 9.52. The van der Waals surface area contributed by atoms with E-state index in [1.54, 1.807) is 0 Å².